The van der Waals surface area contributed by atoms with Crippen molar-refractivity contribution in [3.05, 3.63) is 237 Å². The van der Waals surface area contributed by atoms with Crippen LogP contribution >= 0.6 is 0 Å². The van der Waals surface area contributed by atoms with Gasteiger partial charge < -0.3 is 4.57 Å². The normalized spacial score (nSPS) is 11.3. The summed E-state index contributed by atoms with van der Waals surface area (Å²) in [5.41, 5.74) is 18.0. The number of aromatic nitrogens is 3. The van der Waals surface area contributed by atoms with Gasteiger partial charge in [0.2, 0.25) is 0 Å². The number of benzene rings is 9. The molecule has 0 spiro atoms. The first-order valence-electron chi connectivity index (χ1n) is 20.7. The number of nitrogens with zero attached hydrogens (tertiary/aromatic N) is 3. The number of hydrogen-bond acceptors (Lipinski definition) is 2. The maximum Gasteiger partial charge on any atom is 0.160 e. The van der Waals surface area contributed by atoms with Gasteiger partial charge in [-0.15, -0.1) is 0 Å². The van der Waals surface area contributed by atoms with E-state index < -0.39 is 0 Å². The van der Waals surface area contributed by atoms with Crippen LogP contribution in [0.15, 0.2) is 237 Å². The van der Waals surface area contributed by atoms with E-state index in [2.05, 4.69) is 205 Å². The molecule has 0 atom stereocenters. The van der Waals surface area contributed by atoms with E-state index in [9.17, 15) is 0 Å². The molecule has 2 aromatic heterocycles. The average Bonchev–Trinajstić information content (AvgIpc) is 3.69. The SMILES string of the molecule is c1ccc(-c2cc(-c3ccc(-c4cccc(-c5ccc(-c6cccc(-c7ccc(-n8c9ccccc9c9ccccc98)cc7)c6)cc5)c4)cc3)nc(-c3ccccc3)n2)cc1. The predicted molar refractivity (Wildman–Crippen MR) is 254 cm³/mol. The van der Waals surface area contributed by atoms with Gasteiger partial charge in [0.15, 0.2) is 5.82 Å². The summed E-state index contributed by atoms with van der Waals surface area (Å²) in [7, 11) is 0. The van der Waals surface area contributed by atoms with Crippen LogP contribution in [-0.4, -0.2) is 14.5 Å². The predicted octanol–water partition coefficient (Wildman–Crippen LogP) is 15.2. The highest BCUT2D eigenvalue weighted by Crippen LogP contribution is 2.35. The zero-order valence-electron chi connectivity index (χ0n) is 33.4. The molecule has 0 radical (unpaired) electrons. The Balaban J connectivity index is 0.833. The van der Waals surface area contributed by atoms with Gasteiger partial charge in [-0.05, 0) is 87.0 Å². The van der Waals surface area contributed by atoms with Crippen molar-refractivity contribution >= 4 is 21.8 Å². The van der Waals surface area contributed by atoms with Crippen LogP contribution in [0, 0.1) is 0 Å². The Bertz CT molecular complexity index is 3200. The lowest BCUT2D eigenvalue weighted by Gasteiger charge is -2.11. The Kier molecular flexibility index (Phi) is 9.18. The van der Waals surface area contributed by atoms with Gasteiger partial charge >= 0.3 is 0 Å². The van der Waals surface area contributed by atoms with Crippen LogP contribution < -0.4 is 0 Å². The van der Waals surface area contributed by atoms with Crippen LogP contribution in [0.3, 0.4) is 0 Å². The Hall–Kier alpha value is -8.14. The Morgan fingerprint density at radius 2 is 0.590 bits per heavy atom. The van der Waals surface area contributed by atoms with Gasteiger partial charge in [0.05, 0.1) is 22.4 Å². The average molecular weight is 778 g/mol. The van der Waals surface area contributed by atoms with E-state index >= 15 is 0 Å². The molecule has 0 aliphatic carbocycles. The zero-order chi connectivity index (χ0) is 40.5. The highest BCUT2D eigenvalue weighted by atomic mass is 15.0. The third-order valence-electron chi connectivity index (χ3n) is 11.7. The van der Waals surface area contributed by atoms with Crippen LogP contribution in [0.5, 0.6) is 0 Å². The summed E-state index contributed by atoms with van der Waals surface area (Å²) in [5, 5.41) is 2.55. The molecule has 11 rings (SSSR count). The molecule has 0 bridgehead atoms. The molecule has 0 aliphatic rings. The van der Waals surface area contributed by atoms with Crippen LogP contribution in [0.2, 0.25) is 0 Å². The Morgan fingerprint density at radius 1 is 0.246 bits per heavy atom. The zero-order valence-corrected chi connectivity index (χ0v) is 33.4. The molecule has 3 nitrogen and oxygen atoms in total. The third-order valence-corrected chi connectivity index (χ3v) is 11.7. The number of hydrogen-bond donors (Lipinski definition) is 0. The van der Waals surface area contributed by atoms with Crippen LogP contribution in [0.25, 0.3) is 106 Å². The van der Waals surface area contributed by atoms with Crippen molar-refractivity contribution in [3.63, 3.8) is 0 Å². The van der Waals surface area contributed by atoms with E-state index in [1.54, 1.807) is 0 Å². The first kappa shape index (κ1) is 36.0. The molecule has 0 saturated carbocycles. The van der Waals surface area contributed by atoms with Crippen molar-refractivity contribution in [3.8, 4) is 84.1 Å². The largest absolute Gasteiger partial charge is 0.309 e. The van der Waals surface area contributed by atoms with Crippen molar-refractivity contribution in [2.75, 3.05) is 0 Å². The molecule has 61 heavy (non-hydrogen) atoms. The third kappa shape index (κ3) is 6.98. The maximum atomic E-state index is 5.02. The second kappa shape index (κ2) is 15.6. The molecule has 0 saturated heterocycles. The lowest BCUT2D eigenvalue weighted by Crippen LogP contribution is -1.95. The van der Waals surface area contributed by atoms with Gasteiger partial charge in [0.1, 0.15) is 0 Å². The summed E-state index contributed by atoms with van der Waals surface area (Å²) in [6.07, 6.45) is 0. The second-order valence-electron chi connectivity index (χ2n) is 15.4. The standard InChI is InChI=1S/C58H39N3/c1-3-13-44(14-4-1)54-39-55(60-58(59-54)46-15-5-2-6-16-46)45-31-29-42(30-32-45)49-19-11-17-47(37-49)40-25-27-41(28-26-40)48-18-12-20-50(38-48)43-33-35-51(36-34-43)61-56-23-9-7-21-52(56)53-22-8-10-24-57(53)61/h1-39H. The lowest BCUT2D eigenvalue weighted by atomic mass is 9.95. The molecule has 0 unspecified atom stereocenters. The molecule has 11 aromatic rings. The number of para-hydroxylation sites is 2. The first-order chi connectivity index (χ1) is 30.2. The molecule has 3 heteroatoms. The Labute approximate surface area is 355 Å². The summed E-state index contributed by atoms with van der Waals surface area (Å²) in [4.78, 5) is 9.98. The summed E-state index contributed by atoms with van der Waals surface area (Å²) < 4.78 is 2.36. The van der Waals surface area contributed by atoms with Crippen molar-refractivity contribution in [2.45, 2.75) is 0 Å². The van der Waals surface area contributed by atoms with Gasteiger partial charge in [-0.25, -0.2) is 9.97 Å². The van der Waals surface area contributed by atoms with E-state index in [0.29, 0.717) is 5.82 Å². The molecular formula is C58H39N3. The van der Waals surface area contributed by atoms with Gasteiger partial charge in [-0.3, -0.25) is 0 Å². The van der Waals surface area contributed by atoms with Gasteiger partial charge in [-0.2, -0.15) is 0 Å². The highest BCUT2D eigenvalue weighted by molar-refractivity contribution is 6.09. The molecule has 0 aliphatic heterocycles. The number of fused-ring (bicyclic) bond motifs is 3. The van der Waals surface area contributed by atoms with Gasteiger partial charge in [-0.1, -0.05) is 194 Å². The minimum atomic E-state index is 0.717. The Morgan fingerprint density at radius 3 is 1.05 bits per heavy atom. The van der Waals surface area contributed by atoms with E-state index in [4.69, 9.17) is 9.97 Å². The minimum absolute atomic E-state index is 0.717. The summed E-state index contributed by atoms with van der Waals surface area (Å²) in [5.74, 6) is 0.717. The molecule has 9 aromatic carbocycles. The van der Waals surface area contributed by atoms with Crippen LogP contribution in [0.4, 0.5) is 0 Å². The summed E-state index contributed by atoms with van der Waals surface area (Å²) >= 11 is 0. The highest BCUT2D eigenvalue weighted by Gasteiger charge is 2.13. The maximum absolute atomic E-state index is 5.02. The molecular weight excluding hydrogens is 739 g/mol. The smallest absolute Gasteiger partial charge is 0.160 e. The molecule has 286 valence electrons. The fraction of sp³-hybridized carbons (Fsp3) is 0. The van der Waals surface area contributed by atoms with E-state index in [1.165, 1.54) is 60.8 Å². The molecule has 0 fully saturated rings. The van der Waals surface area contributed by atoms with Crippen LogP contribution in [0.1, 0.15) is 0 Å². The lowest BCUT2D eigenvalue weighted by molar-refractivity contribution is 1.18. The fourth-order valence-corrected chi connectivity index (χ4v) is 8.52. The minimum Gasteiger partial charge on any atom is -0.309 e. The van der Waals surface area contributed by atoms with Crippen molar-refractivity contribution in [1.82, 2.24) is 14.5 Å². The summed E-state index contributed by atoms with van der Waals surface area (Å²) in [6.45, 7) is 0. The number of rotatable bonds is 8. The monoisotopic (exact) mass is 777 g/mol. The van der Waals surface area contributed by atoms with Gasteiger partial charge in [0.25, 0.3) is 0 Å². The van der Waals surface area contributed by atoms with Gasteiger partial charge in [0, 0.05) is 33.2 Å². The quantitative estimate of drug-likeness (QED) is 0.154. The fourth-order valence-electron chi connectivity index (χ4n) is 8.52. The van der Waals surface area contributed by atoms with Crippen molar-refractivity contribution in [2.24, 2.45) is 0 Å². The van der Waals surface area contributed by atoms with Crippen molar-refractivity contribution < 1.29 is 0 Å². The molecule has 0 N–H and O–H groups in total. The van der Waals surface area contributed by atoms with E-state index in [1.807, 2.05) is 36.4 Å². The molecule has 2 heterocycles. The first-order valence-corrected chi connectivity index (χ1v) is 20.7. The molecule has 0 amide bonds. The summed E-state index contributed by atoms with van der Waals surface area (Å²) in [6, 6.07) is 84.1. The topological polar surface area (TPSA) is 30.7 Å². The van der Waals surface area contributed by atoms with E-state index in [0.717, 1.165) is 39.3 Å². The van der Waals surface area contributed by atoms with Crippen LogP contribution in [-0.2, 0) is 0 Å². The van der Waals surface area contributed by atoms with Crippen molar-refractivity contribution in [1.29, 1.82) is 0 Å². The second-order valence-corrected chi connectivity index (χ2v) is 15.4. The van der Waals surface area contributed by atoms with E-state index in [-0.39, 0.29) is 0 Å².